The number of pyridine rings is 1. The van der Waals surface area contributed by atoms with Gasteiger partial charge in [-0.3, -0.25) is 0 Å². The third kappa shape index (κ3) is 1.51. The minimum absolute atomic E-state index is 0.180. The first-order chi connectivity index (χ1) is 6.07. The third-order valence-electron chi connectivity index (χ3n) is 1.86. The minimum Gasteiger partial charge on any atom is -0.370 e. The highest BCUT2D eigenvalue weighted by Gasteiger charge is 2.33. The smallest absolute Gasteiger partial charge is 0.370 e. The van der Waals surface area contributed by atoms with E-state index in [9.17, 15) is 13.2 Å². The highest BCUT2D eigenvalue weighted by atomic mass is 19.4. The zero-order valence-electron chi connectivity index (χ0n) is 6.56. The fourth-order valence-corrected chi connectivity index (χ4v) is 1.20. The van der Waals surface area contributed by atoms with Crippen LogP contribution in [0.1, 0.15) is 17.0 Å². The SMILES string of the molecule is FC(F)(F)c1ccc2c(n1)COC2. The maximum atomic E-state index is 12.2. The van der Waals surface area contributed by atoms with Crippen molar-refractivity contribution in [2.45, 2.75) is 19.4 Å². The predicted molar refractivity (Wildman–Crippen MR) is 37.7 cm³/mol. The van der Waals surface area contributed by atoms with Crippen molar-refractivity contribution in [3.8, 4) is 0 Å². The van der Waals surface area contributed by atoms with Crippen molar-refractivity contribution >= 4 is 0 Å². The molecule has 1 aliphatic rings. The van der Waals surface area contributed by atoms with Gasteiger partial charge in [0.15, 0.2) is 0 Å². The second-order valence-corrected chi connectivity index (χ2v) is 2.79. The van der Waals surface area contributed by atoms with Gasteiger partial charge in [0, 0.05) is 5.56 Å². The van der Waals surface area contributed by atoms with Crippen molar-refractivity contribution in [1.82, 2.24) is 4.98 Å². The van der Waals surface area contributed by atoms with Gasteiger partial charge in [-0.15, -0.1) is 0 Å². The van der Waals surface area contributed by atoms with Crippen LogP contribution in [0.2, 0.25) is 0 Å². The summed E-state index contributed by atoms with van der Waals surface area (Å²) in [5.41, 5.74) is 0.291. The van der Waals surface area contributed by atoms with Gasteiger partial charge in [0.25, 0.3) is 0 Å². The number of halogens is 3. The fraction of sp³-hybridized carbons (Fsp3) is 0.375. The van der Waals surface area contributed by atoms with E-state index < -0.39 is 11.9 Å². The van der Waals surface area contributed by atoms with Crippen molar-refractivity contribution in [3.63, 3.8) is 0 Å². The summed E-state index contributed by atoms with van der Waals surface area (Å²) >= 11 is 0. The molecule has 0 amide bonds. The van der Waals surface area contributed by atoms with Crippen molar-refractivity contribution in [2.24, 2.45) is 0 Å². The van der Waals surface area contributed by atoms with Crippen LogP contribution in [0.3, 0.4) is 0 Å². The van der Waals surface area contributed by atoms with Gasteiger partial charge in [-0.1, -0.05) is 6.07 Å². The molecule has 0 saturated carbocycles. The zero-order chi connectivity index (χ0) is 9.47. The lowest BCUT2D eigenvalue weighted by Gasteiger charge is -2.06. The van der Waals surface area contributed by atoms with E-state index in [-0.39, 0.29) is 6.61 Å². The molecule has 2 nitrogen and oxygen atoms in total. The van der Waals surface area contributed by atoms with Crippen LogP contribution in [0.15, 0.2) is 12.1 Å². The number of hydrogen-bond acceptors (Lipinski definition) is 2. The molecule has 2 rings (SSSR count). The lowest BCUT2D eigenvalue weighted by atomic mass is 10.2. The van der Waals surface area contributed by atoms with Gasteiger partial charge in [0.1, 0.15) is 5.69 Å². The van der Waals surface area contributed by atoms with E-state index in [2.05, 4.69) is 4.98 Å². The Kier molecular flexibility index (Phi) is 1.76. The molecule has 0 unspecified atom stereocenters. The topological polar surface area (TPSA) is 22.1 Å². The maximum absolute atomic E-state index is 12.2. The summed E-state index contributed by atoms with van der Waals surface area (Å²) in [6, 6.07) is 2.39. The van der Waals surface area contributed by atoms with Crippen LogP contribution in [0.4, 0.5) is 13.2 Å². The fourth-order valence-electron chi connectivity index (χ4n) is 1.20. The van der Waals surface area contributed by atoms with E-state index in [4.69, 9.17) is 4.74 Å². The first kappa shape index (κ1) is 8.50. The Balaban J connectivity index is 2.42. The second-order valence-electron chi connectivity index (χ2n) is 2.79. The van der Waals surface area contributed by atoms with Gasteiger partial charge in [0.05, 0.1) is 18.9 Å². The summed E-state index contributed by atoms with van der Waals surface area (Å²) in [4.78, 5) is 3.47. The highest BCUT2D eigenvalue weighted by molar-refractivity contribution is 5.25. The number of nitrogens with zero attached hydrogens (tertiary/aromatic N) is 1. The quantitative estimate of drug-likeness (QED) is 0.623. The molecule has 0 spiro atoms. The van der Waals surface area contributed by atoms with Crippen molar-refractivity contribution in [1.29, 1.82) is 0 Å². The summed E-state index contributed by atoms with van der Waals surface area (Å²) in [7, 11) is 0. The molecule has 0 N–H and O–H groups in total. The maximum Gasteiger partial charge on any atom is 0.433 e. The molecule has 2 heterocycles. The monoisotopic (exact) mass is 189 g/mol. The first-order valence-electron chi connectivity index (χ1n) is 3.71. The molecule has 70 valence electrons. The van der Waals surface area contributed by atoms with Gasteiger partial charge in [0.2, 0.25) is 0 Å². The summed E-state index contributed by atoms with van der Waals surface area (Å²) in [5, 5.41) is 0. The number of alkyl halides is 3. The summed E-state index contributed by atoms with van der Waals surface area (Å²) in [6.07, 6.45) is -4.36. The Bertz CT molecular complexity index is 335. The minimum atomic E-state index is -4.36. The molecule has 0 bridgehead atoms. The van der Waals surface area contributed by atoms with Crippen LogP contribution in [-0.2, 0) is 24.1 Å². The Morgan fingerprint density at radius 1 is 1.23 bits per heavy atom. The molecule has 1 aromatic rings. The van der Waals surface area contributed by atoms with Gasteiger partial charge < -0.3 is 4.74 Å². The van der Waals surface area contributed by atoms with Crippen LogP contribution < -0.4 is 0 Å². The largest absolute Gasteiger partial charge is 0.433 e. The van der Waals surface area contributed by atoms with Crippen molar-refractivity contribution < 1.29 is 17.9 Å². The Morgan fingerprint density at radius 2 is 2.00 bits per heavy atom. The molecule has 1 aliphatic heterocycles. The van der Waals surface area contributed by atoms with Crippen molar-refractivity contribution in [3.05, 3.63) is 29.1 Å². The number of ether oxygens (including phenoxy) is 1. The normalized spacial score (nSPS) is 15.9. The molecule has 0 saturated heterocycles. The molecule has 5 heteroatoms. The van der Waals surface area contributed by atoms with Gasteiger partial charge in [-0.2, -0.15) is 13.2 Å². The third-order valence-corrected chi connectivity index (χ3v) is 1.86. The standard InChI is InChI=1S/C8H6F3NO/c9-8(10,11)7-2-1-5-3-13-4-6(5)12-7/h1-2H,3-4H2. The lowest BCUT2D eigenvalue weighted by Crippen LogP contribution is -2.09. The summed E-state index contributed by atoms with van der Waals surface area (Å²) in [5.74, 6) is 0. The first-order valence-corrected chi connectivity index (χ1v) is 3.71. The van der Waals surface area contributed by atoms with Gasteiger partial charge >= 0.3 is 6.18 Å². The van der Waals surface area contributed by atoms with Crippen LogP contribution >= 0.6 is 0 Å². The van der Waals surface area contributed by atoms with E-state index in [1.165, 1.54) is 6.07 Å². The average molecular weight is 189 g/mol. The molecule has 1 aromatic heterocycles. The van der Waals surface area contributed by atoms with Gasteiger partial charge in [-0.05, 0) is 6.07 Å². The Hall–Kier alpha value is -1.10. The predicted octanol–water partition coefficient (Wildman–Crippen LogP) is 2.13. The Morgan fingerprint density at radius 3 is 2.69 bits per heavy atom. The summed E-state index contributed by atoms with van der Waals surface area (Å²) in [6.45, 7) is 0.541. The molecular formula is C8H6F3NO. The zero-order valence-corrected chi connectivity index (χ0v) is 6.56. The van der Waals surface area contributed by atoms with E-state index in [1.807, 2.05) is 0 Å². The average Bonchev–Trinajstić information content (AvgIpc) is 2.47. The van der Waals surface area contributed by atoms with Crippen LogP contribution in [0, 0.1) is 0 Å². The summed E-state index contributed by atoms with van der Waals surface area (Å²) < 4.78 is 41.4. The molecule has 13 heavy (non-hydrogen) atoms. The van der Waals surface area contributed by atoms with E-state index in [0.29, 0.717) is 12.3 Å². The molecule has 0 aromatic carbocycles. The van der Waals surface area contributed by atoms with E-state index >= 15 is 0 Å². The molecular weight excluding hydrogens is 183 g/mol. The number of rotatable bonds is 0. The van der Waals surface area contributed by atoms with Crippen LogP contribution in [0.25, 0.3) is 0 Å². The second kappa shape index (κ2) is 2.70. The molecule has 0 radical (unpaired) electrons. The lowest BCUT2D eigenvalue weighted by molar-refractivity contribution is -0.141. The number of aromatic nitrogens is 1. The number of hydrogen-bond donors (Lipinski definition) is 0. The molecule has 0 aliphatic carbocycles. The Labute approximate surface area is 72.4 Å². The molecule has 0 fully saturated rings. The van der Waals surface area contributed by atoms with E-state index in [0.717, 1.165) is 11.6 Å². The molecule has 0 atom stereocenters. The van der Waals surface area contributed by atoms with Crippen molar-refractivity contribution in [2.75, 3.05) is 0 Å². The van der Waals surface area contributed by atoms with E-state index in [1.54, 1.807) is 0 Å². The highest BCUT2D eigenvalue weighted by Crippen LogP contribution is 2.29. The number of fused-ring (bicyclic) bond motifs is 1. The van der Waals surface area contributed by atoms with Crippen LogP contribution in [0.5, 0.6) is 0 Å². The van der Waals surface area contributed by atoms with Gasteiger partial charge in [-0.25, -0.2) is 4.98 Å². The van der Waals surface area contributed by atoms with Crippen LogP contribution in [-0.4, -0.2) is 4.98 Å².